The number of carbonyl (C=O) groups excluding carboxylic acids is 4. The lowest BCUT2D eigenvalue weighted by Gasteiger charge is -2.09. The van der Waals surface area contributed by atoms with Crippen molar-refractivity contribution in [2.24, 2.45) is 5.73 Å². The number of ether oxygens (including phenoxy) is 1. The van der Waals surface area contributed by atoms with Gasteiger partial charge in [0.25, 0.3) is 17.5 Å². The molecule has 8 heteroatoms. The van der Waals surface area contributed by atoms with Gasteiger partial charge in [-0.05, 0) is 36.8 Å². The van der Waals surface area contributed by atoms with E-state index < -0.39 is 29.3 Å². The van der Waals surface area contributed by atoms with Crippen molar-refractivity contribution in [2.75, 3.05) is 7.11 Å². The van der Waals surface area contributed by atoms with E-state index in [0.29, 0.717) is 11.2 Å². The molecule has 1 aromatic heterocycles. The van der Waals surface area contributed by atoms with Crippen molar-refractivity contribution in [3.05, 3.63) is 70.7 Å². The Morgan fingerprint density at radius 1 is 1.03 bits per heavy atom. The second-order valence-corrected chi connectivity index (χ2v) is 6.39. The quantitative estimate of drug-likeness (QED) is 0.390. The maximum Gasteiger partial charge on any atom is 0.379 e. The number of hydrogen-bond acceptors (Lipinski definition) is 5. The molecule has 0 aliphatic rings. The summed E-state index contributed by atoms with van der Waals surface area (Å²) in [5.41, 5.74) is 6.65. The van der Waals surface area contributed by atoms with Crippen molar-refractivity contribution in [1.82, 2.24) is 4.57 Å². The number of nitrogens with two attached hydrogens (primary N) is 1. The lowest BCUT2D eigenvalue weighted by atomic mass is 9.99. The van der Waals surface area contributed by atoms with E-state index in [0.717, 1.165) is 12.7 Å². The van der Waals surface area contributed by atoms with Gasteiger partial charge in [-0.1, -0.05) is 18.2 Å². The summed E-state index contributed by atoms with van der Waals surface area (Å²) in [5, 5.41) is 0.145. The van der Waals surface area contributed by atoms with Crippen LogP contribution in [0.3, 0.4) is 0 Å². The summed E-state index contributed by atoms with van der Waals surface area (Å²) in [6.45, 7) is 1.84. The number of amides is 1. The first-order valence-electron chi connectivity index (χ1n) is 8.59. The predicted octanol–water partition coefficient (Wildman–Crippen LogP) is 2.16. The molecule has 1 amide bonds. The molecule has 0 spiro atoms. The highest BCUT2D eigenvalue weighted by atomic mass is 19.1. The highest BCUT2D eigenvalue weighted by Gasteiger charge is 2.29. The van der Waals surface area contributed by atoms with Crippen LogP contribution in [0.5, 0.6) is 0 Å². The highest BCUT2D eigenvalue weighted by molar-refractivity contribution is 6.48. The minimum Gasteiger partial charge on any atom is -0.463 e. The van der Waals surface area contributed by atoms with Crippen LogP contribution < -0.4 is 5.73 Å². The Balaban J connectivity index is 2.30. The molecule has 0 saturated carbocycles. The topological polar surface area (TPSA) is 108 Å². The van der Waals surface area contributed by atoms with Crippen molar-refractivity contribution < 1.29 is 28.3 Å². The first-order chi connectivity index (χ1) is 13.8. The van der Waals surface area contributed by atoms with Gasteiger partial charge in [0.15, 0.2) is 0 Å². The number of fused-ring (bicyclic) bond motifs is 1. The minimum absolute atomic E-state index is 0.0533. The van der Waals surface area contributed by atoms with Crippen LogP contribution in [0, 0.1) is 12.7 Å². The van der Waals surface area contributed by atoms with Crippen LogP contribution in [0.15, 0.2) is 42.5 Å². The number of esters is 1. The molecular weight excluding hydrogens is 379 g/mol. The normalized spacial score (nSPS) is 10.7. The van der Waals surface area contributed by atoms with Crippen LogP contribution in [0.4, 0.5) is 4.39 Å². The molecule has 0 radical (unpaired) electrons. The average molecular weight is 396 g/mol. The minimum atomic E-state index is -1.19. The number of benzene rings is 2. The summed E-state index contributed by atoms with van der Waals surface area (Å²) >= 11 is 0. The monoisotopic (exact) mass is 396 g/mol. The molecule has 0 fully saturated rings. The largest absolute Gasteiger partial charge is 0.463 e. The van der Waals surface area contributed by atoms with E-state index in [2.05, 4.69) is 4.74 Å². The standard InChI is InChI=1S/C21H17FN2O5/c1-11-16(19(26)20(23)27)17-14(18(25)21(28)29-2)4-3-5-15(17)24(11)10-12-6-8-13(22)9-7-12/h3-9H,10H2,1-2H3,(H2,23,27). The number of primary amides is 1. The van der Waals surface area contributed by atoms with E-state index in [-0.39, 0.29) is 23.1 Å². The molecule has 3 aromatic rings. The molecule has 1 heterocycles. The van der Waals surface area contributed by atoms with Crippen molar-refractivity contribution in [3.8, 4) is 0 Å². The molecule has 0 bridgehead atoms. The fourth-order valence-electron chi connectivity index (χ4n) is 3.29. The zero-order valence-corrected chi connectivity index (χ0v) is 15.7. The van der Waals surface area contributed by atoms with Crippen LogP contribution >= 0.6 is 0 Å². The summed E-state index contributed by atoms with van der Waals surface area (Å²) in [5.74, 6) is -4.60. The summed E-state index contributed by atoms with van der Waals surface area (Å²) in [6.07, 6.45) is 0. The zero-order chi connectivity index (χ0) is 21.3. The van der Waals surface area contributed by atoms with Gasteiger partial charge in [-0.3, -0.25) is 14.4 Å². The Morgan fingerprint density at radius 2 is 1.69 bits per heavy atom. The van der Waals surface area contributed by atoms with Gasteiger partial charge in [0.2, 0.25) is 0 Å². The van der Waals surface area contributed by atoms with Gasteiger partial charge in [0, 0.05) is 23.2 Å². The van der Waals surface area contributed by atoms with E-state index >= 15 is 0 Å². The second-order valence-electron chi connectivity index (χ2n) is 6.39. The van der Waals surface area contributed by atoms with Crippen molar-refractivity contribution >= 4 is 34.3 Å². The number of aromatic nitrogens is 1. The number of Topliss-reactive ketones (excluding diaryl/α,β-unsaturated/α-hetero) is 2. The third-order valence-electron chi connectivity index (χ3n) is 4.67. The highest BCUT2D eigenvalue weighted by Crippen LogP contribution is 2.31. The van der Waals surface area contributed by atoms with Gasteiger partial charge >= 0.3 is 5.97 Å². The number of carbonyl (C=O) groups is 4. The van der Waals surface area contributed by atoms with Crippen molar-refractivity contribution in [2.45, 2.75) is 13.5 Å². The predicted molar refractivity (Wildman–Crippen MR) is 102 cm³/mol. The third kappa shape index (κ3) is 3.52. The maximum absolute atomic E-state index is 13.2. The fraction of sp³-hybridized carbons (Fsp3) is 0.143. The van der Waals surface area contributed by atoms with E-state index in [9.17, 15) is 23.6 Å². The molecule has 148 valence electrons. The molecule has 0 aliphatic heterocycles. The van der Waals surface area contributed by atoms with Gasteiger partial charge in [-0.25, -0.2) is 9.18 Å². The number of hydrogen-bond donors (Lipinski definition) is 1. The second kappa shape index (κ2) is 7.67. The molecule has 0 unspecified atom stereocenters. The van der Waals surface area contributed by atoms with E-state index in [1.807, 2.05) is 0 Å². The molecular formula is C21H17FN2O5. The maximum atomic E-state index is 13.2. The Hall–Kier alpha value is -3.81. The number of nitrogens with zero attached hydrogens (tertiary/aromatic N) is 1. The molecule has 29 heavy (non-hydrogen) atoms. The van der Waals surface area contributed by atoms with Gasteiger partial charge in [0.1, 0.15) is 5.82 Å². The summed E-state index contributed by atoms with van der Waals surface area (Å²) in [6, 6.07) is 10.4. The Bertz CT molecular complexity index is 1160. The van der Waals surface area contributed by atoms with Crippen molar-refractivity contribution in [1.29, 1.82) is 0 Å². The SMILES string of the molecule is COC(=O)C(=O)c1cccc2c1c(C(=O)C(N)=O)c(C)n2Cc1ccc(F)cc1. The Labute approximate surface area is 164 Å². The van der Waals surface area contributed by atoms with Gasteiger partial charge in [0.05, 0.1) is 18.2 Å². The first-order valence-corrected chi connectivity index (χ1v) is 8.59. The molecule has 0 atom stereocenters. The van der Waals surface area contributed by atoms with E-state index in [1.165, 1.54) is 18.2 Å². The lowest BCUT2D eigenvalue weighted by molar-refractivity contribution is -0.135. The van der Waals surface area contributed by atoms with Crippen LogP contribution in [0.25, 0.3) is 10.9 Å². The molecule has 0 aliphatic carbocycles. The van der Waals surface area contributed by atoms with Crippen LogP contribution in [0.2, 0.25) is 0 Å². The third-order valence-corrected chi connectivity index (χ3v) is 4.67. The number of halogens is 1. The van der Waals surface area contributed by atoms with Gasteiger partial charge in [-0.15, -0.1) is 0 Å². The molecule has 7 nitrogen and oxygen atoms in total. The molecule has 2 N–H and O–H groups in total. The average Bonchev–Trinajstić information content (AvgIpc) is 2.99. The molecule has 3 rings (SSSR count). The zero-order valence-electron chi connectivity index (χ0n) is 15.7. The van der Waals surface area contributed by atoms with Crippen LogP contribution in [0.1, 0.15) is 32.0 Å². The molecule has 0 saturated heterocycles. The lowest BCUT2D eigenvalue weighted by Crippen LogP contribution is -2.24. The summed E-state index contributed by atoms with van der Waals surface area (Å²) < 4.78 is 19.4. The number of methoxy groups -OCH3 is 1. The van der Waals surface area contributed by atoms with Gasteiger partial charge in [-0.2, -0.15) is 0 Å². The van der Waals surface area contributed by atoms with Crippen LogP contribution in [-0.2, 0) is 20.9 Å². The smallest absolute Gasteiger partial charge is 0.379 e. The van der Waals surface area contributed by atoms with Gasteiger partial charge < -0.3 is 15.0 Å². The van der Waals surface area contributed by atoms with Crippen LogP contribution in [-0.4, -0.2) is 35.1 Å². The van der Waals surface area contributed by atoms with Crippen molar-refractivity contribution in [3.63, 3.8) is 0 Å². The first kappa shape index (κ1) is 19.9. The number of rotatable bonds is 6. The summed E-state index contributed by atoms with van der Waals surface area (Å²) in [4.78, 5) is 48.4. The van der Waals surface area contributed by atoms with E-state index in [4.69, 9.17) is 5.73 Å². The fourth-order valence-corrected chi connectivity index (χ4v) is 3.29. The number of ketones is 2. The summed E-state index contributed by atoms with van der Waals surface area (Å²) in [7, 11) is 1.07. The van der Waals surface area contributed by atoms with E-state index in [1.54, 1.807) is 35.8 Å². The Morgan fingerprint density at radius 3 is 2.28 bits per heavy atom. The molecule has 2 aromatic carbocycles. The Kier molecular flexibility index (Phi) is 5.27.